The third-order valence-corrected chi connectivity index (χ3v) is 3.71. The van der Waals surface area contributed by atoms with Crippen molar-refractivity contribution in [2.24, 2.45) is 0 Å². The van der Waals surface area contributed by atoms with Gasteiger partial charge < -0.3 is 9.47 Å². The first-order valence-electron chi connectivity index (χ1n) is 6.21. The first kappa shape index (κ1) is 13.3. The molecule has 2 rings (SSSR count). The summed E-state index contributed by atoms with van der Waals surface area (Å²) in [5.41, 5.74) is 0.701. The molecule has 0 aliphatic carbocycles. The van der Waals surface area contributed by atoms with Crippen LogP contribution >= 0.6 is 11.8 Å². The lowest BCUT2D eigenvalue weighted by molar-refractivity contribution is 0.102. The number of rotatable bonds is 4. The molecule has 0 unspecified atom stereocenters. The van der Waals surface area contributed by atoms with Gasteiger partial charge in [-0.15, -0.1) is 0 Å². The zero-order valence-electron chi connectivity index (χ0n) is 10.8. The Morgan fingerprint density at radius 3 is 2.72 bits per heavy atom. The second-order valence-corrected chi connectivity index (χ2v) is 6.06. The zero-order valence-corrected chi connectivity index (χ0v) is 11.6. The van der Waals surface area contributed by atoms with Crippen LogP contribution in [-0.4, -0.2) is 30.0 Å². The van der Waals surface area contributed by atoms with E-state index in [2.05, 4.69) is 13.8 Å². The summed E-state index contributed by atoms with van der Waals surface area (Å²) in [4.78, 5) is 12.0. The van der Waals surface area contributed by atoms with Gasteiger partial charge in [-0.25, -0.2) is 0 Å². The summed E-state index contributed by atoms with van der Waals surface area (Å²) in [6.45, 7) is 5.49. The Labute approximate surface area is 112 Å². The van der Waals surface area contributed by atoms with Gasteiger partial charge >= 0.3 is 0 Å². The van der Waals surface area contributed by atoms with Crippen molar-refractivity contribution in [3.8, 4) is 11.5 Å². The van der Waals surface area contributed by atoms with Gasteiger partial charge in [-0.1, -0.05) is 13.8 Å². The average Bonchev–Trinajstić information content (AvgIpc) is 2.60. The molecule has 0 bridgehead atoms. The van der Waals surface area contributed by atoms with Gasteiger partial charge in [0.2, 0.25) is 0 Å². The number of hydrogen-bond donors (Lipinski definition) is 0. The first-order chi connectivity index (χ1) is 8.66. The molecule has 0 spiro atoms. The summed E-state index contributed by atoms with van der Waals surface area (Å²) in [5, 5.41) is 0.467. The lowest BCUT2D eigenvalue weighted by Crippen LogP contribution is -2.05. The summed E-state index contributed by atoms with van der Waals surface area (Å²) in [6.07, 6.45) is 0.876. The van der Waals surface area contributed by atoms with Crippen molar-refractivity contribution in [2.75, 3.05) is 19.0 Å². The fourth-order valence-electron chi connectivity index (χ4n) is 1.66. The summed E-state index contributed by atoms with van der Waals surface area (Å²) < 4.78 is 11.1. The third kappa shape index (κ3) is 3.42. The lowest BCUT2D eigenvalue weighted by Gasteiger charge is -2.09. The van der Waals surface area contributed by atoms with Crippen molar-refractivity contribution in [3.63, 3.8) is 0 Å². The fourth-order valence-corrected chi connectivity index (χ4v) is 2.31. The van der Waals surface area contributed by atoms with Gasteiger partial charge in [0.25, 0.3) is 0 Å². The predicted molar refractivity (Wildman–Crippen MR) is 74.0 cm³/mol. The number of hydrogen-bond acceptors (Lipinski definition) is 4. The number of ether oxygens (including phenoxy) is 2. The minimum atomic E-state index is 0.143. The van der Waals surface area contributed by atoms with Gasteiger partial charge in [-0.2, -0.15) is 11.8 Å². The predicted octanol–water partition coefficient (Wildman–Crippen LogP) is 3.17. The number of benzene rings is 1. The number of carbonyl (C=O) groups is 1. The molecule has 0 saturated carbocycles. The van der Waals surface area contributed by atoms with Crippen molar-refractivity contribution in [1.29, 1.82) is 0 Å². The van der Waals surface area contributed by atoms with Crippen molar-refractivity contribution >= 4 is 17.5 Å². The van der Waals surface area contributed by atoms with Crippen LogP contribution in [0.4, 0.5) is 0 Å². The molecule has 0 N–H and O–H groups in total. The zero-order chi connectivity index (χ0) is 13.0. The van der Waals surface area contributed by atoms with E-state index in [1.54, 1.807) is 17.8 Å². The molecule has 1 heterocycles. The van der Waals surface area contributed by atoms with E-state index in [4.69, 9.17) is 9.47 Å². The van der Waals surface area contributed by atoms with E-state index in [0.717, 1.165) is 12.2 Å². The molecule has 3 nitrogen and oxygen atoms in total. The normalized spacial score (nSPS) is 14.4. The highest BCUT2D eigenvalue weighted by Gasteiger charge is 2.14. The topological polar surface area (TPSA) is 35.5 Å². The van der Waals surface area contributed by atoms with Crippen LogP contribution in [-0.2, 0) is 0 Å². The largest absolute Gasteiger partial charge is 0.490 e. The molecule has 0 aromatic heterocycles. The highest BCUT2D eigenvalue weighted by molar-refractivity contribution is 8.00. The Bertz CT molecular complexity index is 429. The standard InChI is InChI=1S/C14H18O3S/c1-10(2)18-9-12(15)11-4-5-13-14(8-11)17-7-3-6-16-13/h4-5,8,10H,3,6-7,9H2,1-2H3. The average molecular weight is 266 g/mol. The quantitative estimate of drug-likeness (QED) is 0.784. The van der Waals surface area contributed by atoms with Crippen LogP contribution in [0.5, 0.6) is 11.5 Å². The molecule has 18 heavy (non-hydrogen) atoms. The minimum Gasteiger partial charge on any atom is -0.490 e. The van der Waals surface area contributed by atoms with Crippen molar-refractivity contribution in [1.82, 2.24) is 0 Å². The Hall–Kier alpha value is -1.16. The van der Waals surface area contributed by atoms with Crippen LogP contribution in [0.15, 0.2) is 18.2 Å². The maximum atomic E-state index is 12.0. The second-order valence-electron chi connectivity index (χ2n) is 4.49. The molecule has 0 radical (unpaired) electrons. The number of ketones is 1. The molecule has 0 saturated heterocycles. The van der Waals surface area contributed by atoms with E-state index in [0.29, 0.717) is 35.5 Å². The van der Waals surface area contributed by atoms with E-state index in [1.165, 1.54) is 0 Å². The Morgan fingerprint density at radius 2 is 2.00 bits per heavy atom. The maximum absolute atomic E-state index is 12.0. The highest BCUT2D eigenvalue weighted by Crippen LogP contribution is 2.30. The molecule has 98 valence electrons. The number of Topliss-reactive ketones (excluding diaryl/α,β-unsaturated/α-hetero) is 1. The van der Waals surface area contributed by atoms with Crippen LogP contribution in [0.2, 0.25) is 0 Å². The molecule has 0 amide bonds. The van der Waals surface area contributed by atoms with Gasteiger partial charge in [0.1, 0.15) is 0 Å². The molecular weight excluding hydrogens is 248 g/mol. The van der Waals surface area contributed by atoms with Gasteiger partial charge in [0, 0.05) is 12.0 Å². The van der Waals surface area contributed by atoms with Crippen molar-refractivity contribution in [3.05, 3.63) is 23.8 Å². The first-order valence-corrected chi connectivity index (χ1v) is 7.26. The molecule has 0 atom stereocenters. The van der Waals surface area contributed by atoms with Crippen LogP contribution in [0.1, 0.15) is 30.6 Å². The number of carbonyl (C=O) groups excluding carboxylic acids is 1. The lowest BCUT2D eigenvalue weighted by atomic mass is 10.1. The molecule has 1 aliphatic rings. The van der Waals surface area contributed by atoms with Gasteiger partial charge in [-0.05, 0) is 23.4 Å². The monoisotopic (exact) mass is 266 g/mol. The van der Waals surface area contributed by atoms with Gasteiger partial charge in [0.05, 0.1) is 19.0 Å². The molecule has 1 aromatic rings. The number of thioether (sulfide) groups is 1. The summed E-state index contributed by atoms with van der Waals surface area (Å²) in [7, 11) is 0. The highest BCUT2D eigenvalue weighted by atomic mass is 32.2. The summed E-state index contributed by atoms with van der Waals surface area (Å²) in [5.74, 6) is 2.08. The minimum absolute atomic E-state index is 0.143. The van der Waals surface area contributed by atoms with Crippen molar-refractivity contribution in [2.45, 2.75) is 25.5 Å². The molecule has 1 aliphatic heterocycles. The SMILES string of the molecule is CC(C)SCC(=O)c1ccc2c(c1)OCCCO2. The van der Waals surface area contributed by atoms with E-state index in [-0.39, 0.29) is 5.78 Å². The van der Waals surface area contributed by atoms with Crippen LogP contribution in [0, 0.1) is 0 Å². The van der Waals surface area contributed by atoms with Crippen LogP contribution < -0.4 is 9.47 Å². The Kier molecular flexibility index (Phi) is 4.53. The van der Waals surface area contributed by atoms with Crippen LogP contribution in [0.3, 0.4) is 0 Å². The Balaban J connectivity index is 2.10. The summed E-state index contributed by atoms with van der Waals surface area (Å²) >= 11 is 1.65. The van der Waals surface area contributed by atoms with Crippen LogP contribution in [0.25, 0.3) is 0 Å². The Morgan fingerprint density at radius 1 is 1.28 bits per heavy atom. The third-order valence-electron chi connectivity index (χ3n) is 2.62. The van der Waals surface area contributed by atoms with Gasteiger partial charge in [-0.3, -0.25) is 4.79 Å². The molecule has 4 heteroatoms. The molecular formula is C14H18O3S. The summed E-state index contributed by atoms with van der Waals surface area (Å²) in [6, 6.07) is 5.44. The van der Waals surface area contributed by atoms with E-state index >= 15 is 0 Å². The maximum Gasteiger partial charge on any atom is 0.172 e. The second kappa shape index (κ2) is 6.14. The van der Waals surface area contributed by atoms with E-state index < -0.39 is 0 Å². The number of fused-ring (bicyclic) bond motifs is 1. The van der Waals surface area contributed by atoms with E-state index in [1.807, 2.05) is 12.1 Å². The smallest absolute Gasteiger partial charge is 0.172 e. The molecule has 0 fully saturated rings. The van der Waals surface area contributed by atoms with Crippen molar-refractivity contribution < 1.29 is 14.3 Å². The van der Waals surface area contributed by atoms with E-state index in [9.17, 15) is 4.79 Å². The van der Waals surface area contributed by atoms with Gasteiger partial charge in [0.15, 0.2) is 17.3 Å². The molecule has 1 aromatic carbocycles. The fraction of sp³-hybridized carbons (Fsp3) is 0.500.